The van der Waals surface area contributed by atoms with Crippen molar-refractivity contribution in [2.75, 3.05) is 0 Å². The maximum atomic E-state index is 13.0. The smallest absolute Gasteiger partial charge is 0.267 e. The fourth-order valence-electron chi connectivity index (χ4n) is 3.23. The number of benzene rings is 3. The molecule has 0 aliphatic rings. The summed E-state index contributed by atoms with van der Waals surface area (Å²) in [5.74, 6) is 0.503. The minimum Gasteiger partial charge on any atom is -0.267 e. The Morgan fingerprint density at radius 2 is 1.55 bits per heavy atom. The molecule has 2 aromatic heterocycles. The van der Waals surface area contributed by atoms with Crippen molar-refractivity contribution in [2.45, 2.75) is 0 Å². The van der Waals surface area contributed by atoms with Gasteiger partial charge in [0.05, 0.1) is 4.53 Å². The van der Waals surface area contributed by atoms with E-state index in [2.05, 4.69) is 34.5 Å². The van der Waals surface area contributed by atoms with Gasteiger partial charge in [-0.25, -0.2) is 4.40 Å². The van der Waals surface area contributed by atoms with Crippen LogP contribution < -0.4 is 10.1 Å². The van der Waals surface area contributed by atoms with Crippen LogP contribution in [0, 0.1) is 0 Å². The lowest BCUT2D eigenvalue weighted by Gasteiger charge is -2.01. The Morgan fingerprint density at radius 3 is 2.31 bits per heavy atom. The maximum absolute atomic E-state index is 13.0. The molecule has 0 radical (unpaired) electrons. The zero-order valence-electron chi connectivity index (χ0n) is 15.1. The number of hydrogen-bond acceptors (Lipinski definition) is 4. The zero-order chi connectivity index (χ0) is 19.8. The molecule has 4 nitrogen and oxygen atoms in total. The summed E-state index contributed by atoms with van der Waals surface area (Å²) in [4.78, 5) is 13.6. The van der Waals surface area contributed by atoms with Gasteiger partial charge in [-0.3, -0.25) is 4.79 Å². The number of hydrogen-bond donors (Lipinski definition) is 0. The second-order valence-electron chi connectivity index (χ2n) is 6.56. The molecule has 2 heterocycles. The third kappa shape index (κ3) is 3.35. The number of nitrogens with zero attached hydrogens (tertiary/aromatic N) is 3. The van der Waals surface area contributed by atoms with Crippen molar-refractivity contribution in [3.63, 3.8) is 0 Å². The summed E-state index contributed by atoms with van der Waals surface area (Å²) in [5, 5.41) is 8.93. The van der Waals surface area contributed by atoms with Gasteiger partial charge in [0, 0.05) is 10.6 Å². The SMILES string of the molecule is O=c1/c(=C/c2ccc(-c3ccccc3)cc2)sc2nnc(-c3cccc(Cl)c3)n12. The average molecular weight is 416 g/mol. The quantitative estimate of drug-likeness (QED) is 0.429. The zero-order valence-corrected chi connectivity index (χ0v) is 16.7. The van der Waals surface area contributed by atoms with E-state index in [0.29, 0.717) is 20.3 Å². The molecule has 6 heteroatoms. The predicted molar refractivity (Wildman–Crippen MR) is 118 cm³/mol. The Hall–Kier alpha value is -3.28. The fraction of sp³-hybridized carbons (Fsp3) is 0. The molecule has 0 saturated heterocycles. The van der Waals surface area contributed by atoms with E-state index in [1.807, 2.05) is 48.5 Å². The summed E-state index contributed by atoms with van der Waals surface area (Å²) in [5.41, 5.74) is 3.90. The van der Waals surface area contributed by atoms with Gasteiger partial charge in [-0.2, -0.15) is 0 Å². The minimum absolute atomic E-state index is 0.128. The molecule has 0 aliphatic heterocycles. The number of fused-ring (bicyclic) bond motifs is 1. The second-order valence-corrected chi connectivity index (χ2v) is 8.00. The largest absolute Gasteiger partial charge is 0.276 e. The Morgan fingerprint density at radius 1 is 0.828 bits per heavy atom. The molecule has 0 saturated carbocycles. The molecule has 140 valence electrons. The van der Waals surface area contributed by atoms with E-state index in [0.717, 1.165) is 22.3 Å². The Labute approximate surface area is 175 Å². The maximum Gasteiger partial charge on any atom is 0.276 e. The van der Waals surface area contributed by atoms with Gasteiger partial charge in [0.25, 0.3) is 5.56 Å². The van der Waals surface area contributed by atoms with E-state index in [9.17, 15) is 4.79 Å². The Kier molecular flexibility index (Phi) is 4.46. The van der Waals surface area contributed by atoms with Crippen molar-refractivity contribution in [3.8, 4) is 22.5 Å². The van der Waals surface area contributed by atoms with Crippen molar-refractivity contribution < 1.29 is 0 Å². The molecule has 0 unspecified atom stereocenters. The van der Waals surface area contributed by atoms with Crippen LogP contribution in [-0.4, -0.2) is 14.6 Å². The highest BCUT2D eigenvalue weighted by molar-refractivity contribution is 7.15. The molecule has 5 rings (SSSR count). The van der Waals surface area contributed by atoms with Gasteiger partial charge < -0.3 is 0 Å². The molecule has 29 heavy (non-hydrogen) atoms. The summed E-state index contributed by atoms with van der Waals surface area (Å²) in [6, 6.07) is 25.6. The first-order chi connectivity index (χ1) is 14.2. The van der Waals surface area contributed by atoms with E-state index >= 15 is 0 Å². The molecular weight excluding hydrogens is 402 g/mol. The van der Waals surface area contributed by atoms with Gasteiger partial charge >= 0.3 is 0 Å². The van der Waals surface area contributed by atoms with Crippen LogP contribution in [0.5, 0.6) is 0 Å². The van der Waals surface area contributed by atoms with Crippen LogP contribution in [0.2, 0.25) is 5.02 Å². The van der Waals surface area contributed by atoms with Gasteiger partial charge in [-0.15, -0.1) is 10.2 Å². The van der Waals surface area contributed by atoms with Crippen LogP contribution in [0.1, 0.15) is 5.56 Å². The van der Waals surface area contributed by atoms with Crippen LogP contribution in [0.15, 0.2) is 83.7 Å². The summed E-state index contributed by atoms with van der Waals surface area (Å²) < 4.78 is 2.16. The third-order valence-corrected chi connectivity index (χ3v) is 5.84. The third-order valence-electron chi connectivity index (χ3n) is 4.65. The second kappa shape index (κ2) is 7.28. The first-order valence-corrected chi connectivity index (χ1v) is 10.2. The number of halogens is 1. The van der Waals surface area contributed by atoms with Crippen LogP contribution in [0.4, 0.5) is 0 Å². The summed E-state index contributed by atoms with van der Waals surface area (Å²) in [6.45, 7) is 0. The average Bonchev–Trinajstić information content (AvgIpc) is 3.30. The van der Waals surface area contributed by atoms with Crippen LogP contribution in [0.3, 0.4) is 0 Å². The number of thiazole rings is 1. The molecule has 0 atom stereocenters. The fourth-order valence-corrected chi connectivity index (χ4v) is 4.33. The van der Waals surface area contributed by atoms with Crippen LogP contribution in [0.25, 0.3) is 33.6 Å². The Bertz CT molecular complexity index is 1420. The van der Waals surface area contributed by atoms with Gasteiger partial charge in [0.2, 0.25) is 4.96 Å². The molecule has 0 bridgehead atoms. The lowest BCUT2D eigenvalue weighted by molar-refractivity contribution is 1.09. The van der Waals surface area contributed by atoms with Crippen molar-refractivity contribution in [2.24, 2.45) is 0 Å². The van der Waals surface area contributed by atoms with Gasteiger partial charge in [0.1, 0.15) is 0 Å². The van der Waals surface area contributed by atoms with E-state index in [1.165, 1.54) is 11.3 Å². The highest BCUT2D eigenvalue weighted by Gasteiger charge is 2.14. The minimum atomic E-state index is -0.128. The van der Waals surface area contributed by atoms with E-state index in [1.54, 1.807) is 16.5 Å². The van der Waals surface area contributed by atoms with Crippen LogP contribution in [-0.2, 0) is 0 Å². The number of rotatable bonds is 3. The van der Waals surface area contributed by atoms with Gasteiger partial charge in [0.15, 0.2) is 5.82 Å². The predicted octanol–water partition coefficient (Wildman–Crippen LogP) is 4.69. The molecule has 0 N–H and O–H groups in total. The normalized spacial score (nSPS) is 12.0. The first kappa shape index (κ1) is 17.8. The van der Waals surface area contributed by atoms with Crippen molar-refractivity contribution in [1.82, 2.24) is 14.6 Å². The van der Waals surface area contributed by atoms with Crippen molar-refractivity contribution in [1.29, 1.82) is 0 Å². The molecule has 0 aliphatic carbocycles. The molecular formula is C23H14ClN3OS. The topological polar surface area (TPSA) is 47.3 Å². The molecule has 3 aromatic carbocycles. The number of aromatic nitrogens is 3. The van der Waals surface area contributed by atoms with Crippen molar-refractivity contribution in [3.05, 3.63) is 104 Å². The monoisotopic (exact) mass is 415 g/mol. The van der Waals surface area contributed by atoms with Crippen LogP contribution >= 0.6 is 22.9 Å². The highest BCUT2D eigenvalue weighted by Crippen LogP contribution is 2.22. The van der Waals surface area contributed by atoms with E-state index in [4.69, 9.17) is 11.6 Å². The van der Waals surface area contributed by atoms with E-state index < -0.39 is 0 Å². The lowest BCUT2D eigenvalue weighted by Crippen LogP contribution is -2.23. The summed E-state index contributed by atoms with van der Waals surface area (Å²) >= 11 is 7.41. The Balaban J connectivity index is 1.56. The molecule has 0 spiro atoms. The first-order valence-electron chi connectivity index (χ1n) is 9.00. The standard InChI is InChI=1S/C23H14ClN3OS/c24-19-8-4-7-18(14-19)21-25-26-23-27(21)22(28)20(29-23)13-15-9-11-17(12-10-15)16-5-2-1-3-6-16/h1-14H/b20-13-. The molecule has 5 aromatic rings. The van der Waals surface area contributed by atoms with Crippen molar-refractivity contribution >= 4 is 34.0 Å². The summed E-state index contributed by atoms with van der Waals surface area (Å²) in [7, 11) is 0. The van der Waals surface area contributed by atoms with Gasteiger partial charge in [-0.05, 0) is 34.9 Å². The molecule has 0 fully saturated rings. The van der Waals surface area contributed by atoms with E-state index in [-0.39, 0.29) is 5.56 Å². The molecule has 0 amide bonds. The van der Waals surface area contributed by atoms with Gasteiger partial charge in [-0.1, -0.05) is 89.7 Å². The highest BCUT2D eigenvalue weighted by atomic mass is 35.5. The lowest BCUT2D eigenvalue weighted by atomic mass is 10.0. The summed E-state index contributed by atoms with van der Waals surface area (Å²) in [6.07, 6.45) is 1.89.